The Kier molecular flexibility index (Phi) is 4.19. The fourth-order valence-electron chi connectivity index (χ4n) is 4.84. The zero-order valence-corrected chi connectivity index (χ0v) is 17.0. The largest absolute Gasteiger partial charge is 0.394 e. The first-order valence-electron chi connectivity index (χ1n) is 10.5. The molecule has 0 saturated carbocycles. The number of aromatic amines is 1. The van der Waals surface area contributed by atoms with Gasteiger partial charge in [0.2, 0.25) is 0 Å². The van der Waals surface area contributed by atoms with Crippen LogP contribution in [0.15, 0.2) is 70.3 Å². The van der Waals surface area contributed by atoms with Crippen LogP contribution >= 0.6 is 0 Å². The van der Waals surface area contributed by atoms with Gasteiger partial charge in [0.25, 0.3) is 0 Å². The van der Waals surface area contributed by atoms with E-state index in [-0.39, 0.29) is 23.9 Å². The summed E-state index contributed by atoms with van der Waals surface area (Å²) in [7, 11) is 0. The van der Waals surface area contributed by atoms with Gasteiger partial charge in [0.15, 0.2) is 10.9 Å². The molecule has 1 fully saturated rings. The minimum atomic E-state index is -0.828. The summed E-state index contributed by atoms with van der Waals surface area (Å²) in [6.07, 6.45) is -1.86. The van der Waals surface area contributed by atoms with E-state index in [4.69, 9.17) is 4.74 Å². The summed E-state index contributed by atoms with van der Waals surface area (Å²) in [6, 6.07) is 17.9. The molecule has 1 aliphatic rings. The molecule has 3 heterocycles. The second-order valence-corrected chi connectivity index (χ2v) is 8.25. The van der Waals surface area contributed by atoms with Crippen molar-refractivity contribution in [2.75, 3.05) is 6.61 Å². The number of rotatable bonds is 2. The standard InChI is InChI=1S/C25H20N2O5/c28-12-22-21(29)11-23(32-22)27-19-8-4-2-6-14(19)25(31)16-9-18-15(10-20(16)27)24(30)13-5-1-3-7-17(13)26-18/h1-10,21-23,28-29H,11-12H2,(H,26,30)/t21-,22+,23?/m0/s1. The highest BCUT2D eigenvalue weighted by molar-refractivity contribution is 6.03. The summed E-state index contributed by atoms with van der Waals surface area (Å²) in [6.45, 7) is -0.303. The van der Waals surface area contributed by atoms with Crippen molar-refractivity contribution in [3.8, 4) is 0 Å². The number of H-pyrrole nitrogens is 1. The van der Waals surface area contributed by atoms with Crippen LogP contribution in [-0.4, -0.2) is 38.6 Å². The molecule has 32 heavy (non-hydrogen) atoms. The minimum absolute atomic E-state index is 0.121. The van der Waals surface area contributed by atoms with Crippen molar-refractivity contribution in [1.29, 1.82) is 0 Å². The average Bonchev–Trinajstić information content (AvgIpc) is 3.19. The van der Waals surface area contributed by atoms with E-state index >= 15 is 0 Å². The normalized spacial score (nSPS) is 21.2. The number of aromatic nitrogens is 2. The third-order valence-electron chi connectivity index (χ3n) is 6.41. The zero-order chi connectivity index (χ0) is 22.0. The summed E-state index contributed by atoms with van der Waals surface area (Å²) in [5, 5.41) is 21.9. The second kappa shape index (κ2) is 7.00. The van der Waals surface area contributed by atoms with Crippen molar-refractivity contribution in [3.05, 3.63) is 81.1 Å². The molecule has 160 valence electrons. The van der Waals surface area contributed by atoms with Gasteiger partial charge in [-0.1, -0.05) is 24.3 Å². The number of para-hydroxylation sites is 2. The Labute approximate surface area is 181 Å². The maximum Gasteiger partial charge on any atom is 0.197 e. The Morgan fingerprint density at radius 2 is 1.59 bits per heavy atom. The van der Waals surface area contributed by atoms with E-state index < -0.39 is 18.4 Å². The van der Waals surface area contributed by atoms with Crippen LogP contribution in [0.4, 0.5) is 0 Å². The lowest BCUT2D eigenvalue weighted by Gasteiger charge is -2.21. The van der Waals surface area contributed by atoms with Crippen LogP contribution in [-0.2, 0) is 4.74 Å². The molecule has 0 bridgehead atoms. The van der Waals surface area contributed by atoms with E-state index in [0.29, 0.717) is 43.6 Å². The molecule has 6 rings (SSSR count). The third kappa shape index (κ3) is 2.65. The maximum absolute atomic E-state index is 13.4. The molecule has 7 heteroatoms. The van der Waals surface area contributed by atoms with Crippen LogP contribution in [0.3, 0.4) is 0 Å². The monoisotopic (exact) mass is 428 g/mol. The van der Waals surface area contributed by atoms with Crippen molar-refractivity contribution in [2.24, 2.45) is 0 Å². The topological polar surface area (TPSA) is 105 Å². The Morgan fingerprint density at radius 3 is 2.38 bits per heavy atom. The minimum Gasteiger partial charge on any atom is -0.394 e. The third-order valence-corrected chi connectivity index (χ3v) is 6.41. The van der Waals surface area contributed by atoms with Crippen LogP contribution in [0.1, 0.15) is 12.6 Å². The van der Waals surface area contributed by atoms with Gasteiger partial charge in [-0.2, -0.15) is 0 Å². The number of hydrogen-bond acceptors (Lipinski definition) is 5. The molecule has 0 amide bonds. The fourth-order valence-corrected chi connectivity index (χ4v) is 4.84. The van der Waals surface area contributed by atoms with Crippen LogP contribution < -0.4 is 10.9 Å². The van der Waals surface area contributed by atoms with E-state index in [1.165, 1.54) is 0 Å². The highest BCUT2D eigenvalue weighted by Crippen LogP contribution is 2.34. The lowest BCUT2D eigenvalue weighted by molar-refractivity contribution is -0.0417. The van der Waals surface area contributed by atoms with Crippen molar-refractivity contribution in [1.82, 2.24) is 9.55 Å². The molecular formula is C25H20N2O5. The molecule has 1 saturated heterocycles. The van der Waals surface area contributed by atoms with Gasteiger partial charge in [0.05, 0.1) is 29.3 Å². The van der Waals surface area contributed by atoms with Crippen LogP contribution in [0, 0.1) is 0 Å². The SMILES string of the molecule is O=c1c2ccccc2[nH]c2cc3c(=O)c4ccccc4n(C4C[C@H](O)[C@@H](CO)O4)c3cc12. The van der Waals surface area contributed by atoms with Crippen molar-refractivity contribution < 1.29 is 14.9 Å². The summed E-state index contributed by atoms with van der Waals surface area (Å²) in [5.74, 6) is 0. The van der Waals surface area contributed by atoms with Crippen LogP contribution in [0.5, 0.6) is 0 Å². The van der Waals surface area contributed by atoms with Crippen molar-refractivity contribution >= 4 is 43.6 Å². The van der Waals surface area contributed by atoms with Gasteiger partial charge in [-0.25, -0.2) is 0 Å². The zero-order valence-electron chi connectivity index (χ0n) is 17.0. The Morgan fingerprint density at radius 1 is 0.875 bits per heavy atom. The smallest absolute Gasteiger partial charge is 0.197 e. The molecule has 7 nitrogen and oxygen atoms in total. The molecule has 0 radical (unpaired) electrons. The second-order valence-electron chi connectivity index (χ2n) is 8.25. The van der Waals surface area contributed by atoms with Gasteiger partial charge in [0.1, 0.15) is 12.3 Å². The predicted octanol–water partition coefficient (Wildman–Crippen LogP) is 2.79. The summed E-state index contributed by atoms with van der Waals surface area (Å²) >= 11 is 0. The van der Waals surface area contributed by atoms with Gasteiger partial charge in [-0.15, -0.1) is 0 Å². The van der Waals surface area contributed by atoms with E-state index in [9.17, 15) is 19.8 Å². The van der Waals surface area contributed by atoms with E-state index in [0.717, 1.165) is 0 Å². The molecular weight excluding hydrogens is 408 g/mol. The highest BCUT2D eigenvalue weighted by Gasteiger charge is 2.35. The quantitative estimate of drug-likeness (QED) is 0.375. The first-order chi connectivity index (χ1) is 15.6. The number of fused-ring (bicyclic) bond motifs is 4. The Hall–Kier alpha value is -3.52. The summed E-state index contributed by atoms with van der Waals surface area (Å²) in [4.78, 5) is 29.9. The summed E-state index contributed by atoms with van der Waals surface area (Å²) < 4.78 is 7.81. The molecule has 5 aromatic rings. The van der Waals surface area contributed by atoms with Crippen molar-refractivity contribution in [2.45, 2.75) is 24.9 Å². The molecule has 0 spiro atoms. The Balaban J connectivity index is 1.77. The molecule has 3 aromatic carbocycles. The number of nitrogens with one attached hydrogen (secondary N) is 1. The van der Waals surface area contributed by atoms with Gasteiger partial charge >= 0.3 is 0 Å². The first kappa shape index (κ1) is 19.2. The number of ether oxygens (including phenoxy) is 1. The van der Waals surface area contributed by atoms with Gasteiger partial charge in [-0.05, 0) is 36.4 Å². The average molecular weight is 428 g/mol. The Bertz CT molecular complexity index is 1650. The van der Waals surface area contributed by atoms with Gasteiger partial charge in [-0.3, -0.25) is 9.59 Å². The number of pyridine rings is 2. The van der Waals surface area contributed by atoms with Gasteiger partial charge < -0.3 is 24.5 Å². The number of nitrogens with zero attached hydrogens (tertiary/aromatic N) is 1. The fraction of sp³-hybridized carbons (Fsp3) is 0.200. The number of aliphatic hydroxyl groups excluding tert-OH is 2. The number of aliphatic hydroxyl groups is 2. The molecule has 2 aromatic heterocycles. The molecule has 0 aliphatic carbocycles. The van der Waals surface area contributed by atoms with Crippen LogP contribution in [0.2, 0.25) is 0 Å². The summed E-state index contributed by atoms with van der Waals surface area (Å²) in [5.41, 5.74) is 2.23. The lowest BCUT2D eigenvalue weighted by Crippen LogP contribution is -2.24. The highest BCUT2D eigenvalue weighted by atomic mass is 16.5. The predicted molar refractivity (Wildman–Crippen MR) is 123 cm³/mol. The van der Waals surface area contributed by atoms with Crippen molar-refractivity contribution in [3.63, 3.8) is 0 Å². The lowest BCUT2D eigenvalue weighted by atomic mass is 10.0. The van der Waals surface area contributed by atoms with Gasteiger partial charge in [0, 0.05) is 33.5 Å². The van der Waals surface area contributed by atoms with E-state index in [1.807, 2.05) is 34.9 Å². The molecule has 3 atom stereocenters. The molecule has 3 N–H and O–H groups in total. The van der Waals surface area contributed by atoms with E-state index in [2.05, 4.69) is 4.98 Å². The van der Waals surface area contributed by atoms with Crippen LogP contribution in [0.25, 0.3) is 43.6 Å². The number of benzene rings is 3. The molecule has 1 aliphatic heterocycles. The first-order valence-corrected chi connectivity index (χ1v) is 10.5. The molecule has 1 unspecified atom stereocenters. The maximum atomic E-state index is 13.4. The number of hydrogen-bond donors (Lipinski definition) is 3. The van der Waals surface area contributed by atoms with E-state index in [1.54, 1.807) is 30.3 Å².